The second-order valence-electron chi connectivity index (χ2n) is 7.39. The Morgan fingerprint density at radius 1 is 0.939 bits per heavy atom. The maximum Gasteiger partial charge on any atom is 0.282 e. The molecule has 2 heterocycles. The lowest BCUT2D eigenvalue weighted by Gasteiger charge is -2.17. The number of nitro benzene ring substituents is 1. The molecule has 0 spiro atoms. The molecule has 5 aromatic rings. The minimum absolute atomic E-state index is 0.00667. The molecular formula is C24H17N5O4. The van der Waals surface area contributed by atoms with E-state index < -0.39 is 11.0 Å². The SMILES string of the molecule is CC(c1nnc(-c2ccccc2[N+](=O)[O-])o1)n1c(-c2ccccc2)nc2ccccc2c1=O. The molecule has 5 rings (SSSR count). The maximum absolute atomic E-state index is 13.5. The molecule has 0 radical (unpaired) electrons. The first-order valence-corrected chi connectivity index (χ1v) is 10.2. The van der Waals surface area contributed by atoms with E-state index in [1.165, 1.54) is 10.6 Å². The third kappa shape index (κ3) is 3.55. The van der Waals surface area contributed by atoms with Crippen LogP contribution in [0.15, 0.2) is 88.1 Å². The lowest BCUT2D eigenvalue weighted by Crippen LogP contribution is -2.27. The lowest BCUT2D eigenvalue weighted by molar-refractivity contribution is -0.384. The number of rotatable bonds is 5. The molecule has 33 heavy (non-hydrogen) atoms. The summed E-state index contributed by atoms with van der Waals surface area (Å²) in [5.41, 5.74) is 1.15. The minimum atomic E-state index is -0.672. The fourth-order valence-electron chi connectivity index (χ4n) is 3.73. The second-order valence-corrected chi connectivity index (χ2v) is 7.39. The van der Waals surface area contributed by atoms with E-state index in [0.717, 1.165) is 5.56 Å². The number of hydrogen-bond acceptors (Lipinski definition) is 7. The standard InChI is InChI=1S/C24H17N5O4/c1-15(22-26-27-23(33-22)18-12-6-8-14-20(18)29(31)32)28-21(16-9-3-2-4-10-16)25-19-13-7-5-11-17(19)24(28)30/h2-15H,1H3. The van der Waals surface area contributed by atoms with Gasteiger partial charge in [0.05, 0.1) is 15.8 Å². The molecule has 0 saturated carbocycles. The van der Waals surface area contributed by atoms with E-state index in [1.807, 2.05) is 36.4 Å². The van der Waals surface area contributed by atoms with Crippen LogP contribution in [-0.2, 0) is 0 Å². The molecule has 0 aliphatic rings. The Kier molecular flexibility index (Phi) is 4.98. The van der Waals surface area contributed by atoms with Gasteiger partial charge in [0.2, 0.25) is 5.89 Å². The van der Waals surface area contributed by atoms with Gasteiger partial charge in [-0.2, -0.15) is 0 Å². The zero-order chi connectivity index (χ0) is 22.9. The molecule has 0 aliphatic heterocycles. The van der Waals surface area contributed by atoms with Crippen molar-refractivity contribution in [1.82, 2.24) is 19.7 Å². The zero-order valence-electron chi connectivity index (χ0n) is 17.5. The van der Waals surface area contributed by atoms with Crippen LogP contribution >= 0.6 is 0 Å². The predicted molar refractivity (Wildman–Crippen MR) is 122 cm³/mol. The number of nitrogens with zero attached hydrogens (tertiary/aromatic N) is 5. The van der Waals surface area contributed by atoms with Gasteiger partial charge in [0.25, 0.3) is 17.1 Å². The number of benzene rings is 3. The van der Waals surface area contributed by atoms with E-state index in [-0.39, 0.29) is 28.6 Å². The van der Waals surface area contributed by atoms with Gasteiger partial charge in [-0.25, -0.2) is 4.98 Å². The van der Waals surface area contributed by atoms with Gasteiger partial charge in [-0.05, 0) is 25.1 Å². The molecule has 2 aromatic heterocycles. The Hall–Kier alpha value is -4.66. The highest BCUT2D eigenvalue weighted by molar-refractivity contribution is 5.79. The first kappa shape index (κ1) is 20.3. The topological polar surface area (TPSA) is 117 Å². The van der Waals surface area contributed by atoms with Crippen molar-refractivity contribution in [3.05, 3.63) is 105 Å². The molecule has 1 unspecified atom stereocenters. The van der Waals surface area contributed by atoms with Crippen LogP contribution in [0, 0.1) is 10.1 Å². The number of fused-ring (bicyclic) bond motifs is 1. The molecule has 0 bridgehead atoms. The molecule has 0 saturated heterocycles. The van der Waals surface area contributed by atoms with Crippen LogP contribution in [0.4, 0.5) is 5.69 Å². The molecule has 0 aliphatic carbocycles. The predicted octanol–water partition coefficient (Wildman–Crippen LogP) is 4.63. The van der Waals surface area contributed by atoms with Crippen molar-refractivity contribution in [1.29, 1.82) is 0 Å². The van der Waals surface area contributed by atoms with E-state index in [4.69, 9.17) is 9.40 Å². The van der Waals surface area contributed by atoms with E-state index in [9.17, 15) is 14.9 Å². The Bertz CT molecular complexity index is 1540. The fraction of sp³-hybridized carbons (Fsp3) is 0.0833. The van der Waals surface area contributed by atoms with Crippen LogP contribution in [0.1, 0.15) is 18.9 Å². The van der Waals surface area contributed by atoms with E-state index in [0.29, 0.717) is 16.7 Å². The van der Waals surface area contributed by atoms with Crippen molar-refractivity contribution >= 4 is 16.6 Å². The molecule has 1 atom stereocenters. The van der Waals surface area contributed by atoms with Crippen LogP contribution < -0.4 is 5.56 Å². The molecular weight excluding hydrogens is 422 g/mol. The first-order valence-electron chi connectivity index (χ1n) is 10.2. The summed E-state index contributed by atoms with van der Waals surface area (Å²) in [5.74, 6) is 0.601. The van der Waals surface area contributed by atoms with Crippen molar-refractivity contribution < 1.29 is 9.34 Å². The Morgan fingerprint density at radius 2 is 1.64 bits per heavy atom. The number of nitro groups is 1. The molecule has 0 fully saturated rings. The van der Waals surface area contributed by atoms with Gasteiger partial charge >= 0.3 is 0 Å². The molecule has 0 N–H and O–H groups in total. The van der Waals surface area contributed by atoms with E-state index in [2.05, 4.69) is 10.2 Å². The van der Waals surface area contributed by atoms with E-state index >= 15 is 0 Å². The zero-order valence-corrected chi connectivity index (χ0v) is 17.5. The number of aromatic nitrogens is 4. The van der Waals surface area contributed by atoms with Crippen molar-refractivity contribution in [2.45, 2.75) is 13.0 Å². The monoisotopic (exact) mass is 439 g/mol. The van der Waals surface area contributed by atoms with Crippen LogP contribution in [0.25, 0.3) is 33.7 Å². The quantitative estimate of drug-likeness (QED) is 0.289. The molecule has 162 valence electrons. The first-order chi connectivity index (χ1) is 16.0. The largest absolute Gasteiger partial charge is 0.418 e. The summed E-state index contributed by atoms with van der Waals surface area (Å²) in [4.78, 5) is 29.1. The van der Waals surface area contributed by atoms with Crippen molar-refractivity contribution in [3.8, 4) is 22.8 Å². The van der Waals surface area contributed by atoms with Crippen LogP contribution in [-0.4, -0.2) is 24.7 Å². The van der Waals surface area contributed by atoms with Gasteiger partial charge in [0, 0.05) is 11.6 Å². The third-order valence-corrected chi connectivity index (χ3v) is 5.36. The lowest BCUT2D eigenvalue weighted by atomic mass is 10.1. The summed E-state index contributed by atoms with van der Waals surface area (Å²) >= 11 is 0. The highest BCUT2D eigenvalue weighted by atomic mass is 16.6. The Labute approximate surface area is 187 Å². The van der Waals surface area contributed by atoms with Gasteiger partial charge in [-0.15, -0.1) is 10.2 Å². The highest BCUT2D eigenvalue weighted by Gasteiger charge is 2.25. The molecule has 0 amide bonds. The fourth-order valence-corrected chi connectivity index (χ4v) is 3.73. The smallest absolute Gasteiger partial charge is 0.282 e. The summed E-state index contributed by atoms with van der Waals surface area (Å²) in [6.45, 7) is 1.75. The van der Waals surface area contributed by atoms with Crippen molar-refractivity contribution in [2.75, 3.05) is 0 Å². The van der Waals surface area contributed by atoms with Crippen LogP contribution in [0.3, 0.4) is 0 Å². The van der Waals surface area contributed by atoms with E-state index in [1.54, 1.807) is 43.3 Å². The third-order valence-electron chi connectivity index (χ3n) is 5.36. The van der Waals surface area contributed by atoms with Crippen molar-refractivity contribution in [3.63, 3.8) is 0 Å². The summed E-state index contributed by atoms with van der Waals surface area (Å²) in [6.07, 6.45) is 0. The van der Waals surface area contributed by atoms with Gasteiger partial charge in [0.1, 0.15) is 17.4 Å². The van der Waals surface area contributed by atoms with Gasteiger partial charge in [-0.3, -0.25) is 19.5 Å². The summed E-state index contributed by atoms with van der Waals surface area (Å²) < 4.78 is 7.33. The molecule has 9 heteroatoms. The van der Waals surface area contributed by atoms with Gasteiger partial charge < -0.3 is 4.42 Å². The van der Waals surface area contributed by atoms with Gasteiger partial charge in [-0.1, -0.05) is 54.6 Å². The highest BCUT2D eigenvalue weighted by Crippen LogP contribution is 2.31. The normalized spacial score (nSPS) is 12.0. The maximum atomic E-state index is 13.5. The number of para-hydroxylation sites is 2. The molecule has 3 aromatic carbocycles. The summed E-state index contributed by atoms with van der Waals surface area (Å²) in [5, 5.41) is 20.0. The van der Waals surface area contributed by atoms with Crippen molar-refractivity contribution in [2.24, 2.45) is 0 Å². The summed E-state index contributed by atoms with van der Waals surface area (Å²) in [7, 11) is 0. The summed E-state index contributed by atoms with van der Waals surface area (Å²) in [6, 6.07) is 21.9. The minimum Gasteiger partial charge on any atom is -0.418 e. The average molecular weight is 439 g/mol. The second kappa shape index (κ2) is 8.12. The van der Waals surface area contributed by atoms with Crippen LogP contribution in [0.2, 0.25) is 0 Å². The Balaban J connectivity index is 1.67. The molecule has 9 nitrogen and oxygen atoms in total. The average Bonchev–Trinajstić information content (AvgIpc) is 3.34. The number of hydrogen-bond donors (Lipinski definition) is 0. The van der Waals surface area contributed by atoms with Crippen LogP contribution in [0.5, 0.6) is 0 Å². The van der Waals surface area contributed by atoms with Gasteiger partial charge in [0.15, 0.2) is 0 Å². The Morgan fingerprint density at radius 3 is 2.42 bits per heavy atom.